The van der Waals surface area contributed by atoms with Crippen molar-refractivity contribution in [3.63, 3.8) is 0 Å². The molecule has 0 aromatic rings. The van der Waals surface area contributed by atoms with E-state index in [1.165, 1.54) is 0 Å². The van der Waals surface area contributed by atoms with Crippen molar-refractivity contribution in [2.24, 2.45) is 16.6 Å². The maximum Gasteiger partial charge on any atom is 0.219 e. The maximum atomic E-state index is 11.2. The van der Waals surface area contributed by atoms with Crippen LogP contribution < -0.4 is 5.73 Å². The van der Waals surface area contributed by atoms with Crippen LogP contribution in [0.5, 0.6) is 0 Å². The Labute approximate surface area is 142 Å². The van der Waals surface area contributed by atoms with E-state index in [1.807, 2.05) is 16.7 Å². The lowest BCUT2D eigenvalue weighted by Crippen LogP contribution is -2.43. The van der Waals surface area contributed by atoms with E-state index in [1.54, 1.807) is 6.92 Å². The van der Waals surface area contributed by atoms with Gasteiger partial charge in [-0.05, 0) is 18.8 Å². The second-order valence-electron chi connectivity index (χ2n) is 5.25. The molecule has 1 amide bonds. The lowest BCUT2D eigenvalue weighted by molar-refractivity contribution is -0.130. The molecule has 20 heavy (non-hydrogen) atoms. The minimum absolute atomic E-state index is 0. The number of rotatable bonds is 2. The average Bonchev–Trinajstić information content (AvgIpc) is 2.46. The molecule has 0 atom stereocenters. The number of likely N-dealkylation sites (tertiary alicyclic amines) is 1. The van der Waals surface area contributed by atoms with Crippen LogP contribution in [-0.2, 0) is 4.79 Å². The fourth-order valence-electron chi connectivity index (χ4n) is 2.55. The van der Waals surface area contributed by atoms with Gasteiger partial charge in [-0.15, -0.1) is 24.0 Å². The van der Waals surface area contributed by atoms with E-state index >= 15 is 0 Å². The van der Waals surface area contributed by atoms with Gasteiger partial charge in [0.05, 0.1) is 0 Å². The Morgan fingerprint density at radius 2 is 1.80 bits per heavy atom. The van der Waals surface area contributed by atoms with Crippen LogP contribution in [0.3, 0.4) is 0 Å². The Kier molecular flexibility index (Phi) is 8.01. The number of hydrogen-bond acceptors (Lipinski definition) is 3. The summed E-state index contributed by atoms with van der Waals surface area (Å²) >= 11 is 1.98. The van der Waals surface area contributed by atoms with Crippen LogP contribution in [0, 0.1) is 5.92 Å². The quantitative estimate of drug-likeness (QED) is 0.421. The number of carbonyl (C=O) groups is 1. The molecule has 2 aliphatic heterocycles. The fourth-order valence-corrected chi connectivity index (χ4v) is 3.45. The first-order chi connectivity index (χ1) is 9.16. The van der Waals surface area contributed by atoms with E-state index < -0.39 is 0 Å². The van der Waals surface area contributed by atoms with Crippen LogP contribution in [-0.4, -0.2) is 65.9 Å². The molecule has 0 bridgehead atoms. The Balaban J connectivity index is 0.00000200. The zero-order valence-electron chi connectivity index (χ0n) is 12.1. The van der Waals surface area contributed by atoms with E-state index in [-0.39, 0.29) is 29.9 Å². The highest BCUT2D eigenvalue weighted by molar-refractivity contribution is 14.0. The molecule has 0 aliphatic carbocycles. The first-order valence-electron chi connectivity index (χ1n) is 7.05. The van der Waals surface area contributed by atoms with Gasteiger partial charge in [0.2, 0.25) is 5.91 Å². The van der Waals surface area contributed by atoms with Gasteiger partial charge in [0.25, 0.3) is 0 Å². The zero-order valence-corrected chi connectivity index (χ0v) is 15.2. The maximum absolute atomic E-state index is 11.2. The summed E-state index contributed by atoms with van der Waals surface area (Å²) in [7, 11) is 0. The Morgan fingerprint density at radius 1 is 1.20 bits per heavy atom. The molecule has 5 nitrogen and oxygen atoms in total. The van der Waals surface area contributed by atoms with Gasteiger partial charge in [-0.1, -0.05) is 0 Å². The molecule has 2 rings (SSSR count). The van der Waals surface area contributed by atoms with E-state index in [9.17, 15) is 4.79 Å². The molecule has 7 heteroatoms. The summed E-state index contributed by atoms with van der Waals surface area (Å²) in [6.07, 6.45) is 2.10. The van der Waals surface area contributed by atoms with Crippen molar-refractivity contribution in [3.05, 3.63) is 0 Å². The lowest BCUT2D eigenvalue weighted by Gasteiger charge is -2.31. The number of guanidine groups is 1. The number of piperidine rings is 1. The molecule has 0 aromatic heterocycles. The largest absolute Gasteiger partial charge is 0.370 e. The molecule has 0 radical (unpaired) electrons. The zero-order chi connectivity index (χ0) is 13.7. The van der Waals surface area contributed by atoms with Crippen LogP contribution in [0.15, 0.2) is 4.99 Å². The minimum Gasteiger partial charge on any atom is -0.370 e. The van der Waals surface area contributed by atoms with Crippen molar-refractivity contribution in [2.45, 2.75) is 19.8 Å². The summed E-state index contributed by atoms with van der Waals surface area (Å²) < 4.78 is 0. The summed E-state index contributed by atoms with van der Waals surface area (Å²) in [4.78, 5) is 19.9. The number of amides is 1. The topological polar surface area (TPSA) is 61.9 Å². The van der Waals surface area contributed by atoms with Crippen LogP contribution in [0.1, 0.15) is 19.8 Å². The fraction of sp³-hybridized carbons (Fsp3) is 0.846. The molecule has 2 fully saturated rings. The van der Waals surface area contributed by atoms with E-state index in [4.69, 9.17) is 5.73 Å². The molecule has 2 aliphatic rings. The summed E-state index contributed by atoms with van der Waals surface area (Å²) in [5, 5.41) is 0. The Bertz CT molecular complexity index is 339. The van der Waals surface area contributed by atoms with Crippen LogP contribution in [0.25, 0.3) is 0 Å². The molecule has 2 heterocycles. The van der Waals surface area contributed by atoms with Gasteiger partial charge in [-0.3, -0.25) is 9.79 Å². The molecule has 2 N–H and O–H groups in total. The van der Waals surface area contributed by atoms with Crippen LogP contribution >= 0.6 is 35.7 Å². The van der Waals surface area contributed by atoms with Gasteiger partial charge in [0.1, 0.15) is 0 Å². The third-order valence-electron chi connectivity index (χ3n) is 3.91. The van der Waals surface area contributed by atoms with Gasteiger partial charge in [-0.2, -0.15) is 11.8 Å². The predicted molar refractivity (Wildman–Crippen MR) is 95.8 cm³/mol. The van der Waals surface area contributed by atoms with Gasteiger partial charge < -0.3 is 15.5 Å². The molecule has 0 spiro atoms. The second-order valence-corrected chi connectivity index (χ2v) is 6.47. The monoisotopic (exact) mass is 412 g/mol. The third-order valence-corrected chi connectivity index (χ3v) is 4.85. The standard InChI is InChI=1S/C13H24N4OS.HI/c1-11(18)16-4-2-12(3-5-16)10-15-13(14)17-6-8-19-9-7-17;/h12H,2-10H2,1H3,(H2,14,15);1H. The van der Waals surface area contributed by atoms with Crippen molar-refractivity contribution < 1.29 is 4.79 Å². The smallest absolute Gasteiger partial charge is 0.219 e. The highest BCUT2D eigenvalue weighted by Crippen LogP contribution is 2.17. The summed E-state index contributed by atoms with van der Waals surface area (Å²) in [5.74, 6) is 3.76. The number of hydrogen-bond donors (Lipinski definition) is 1. The summed E-state index contributed by atoms with van der Waals surface area (Å²) in [6, 6.07) is 0. The van der Waals surface area contributed by atoms with Crippen LogP contribution in [0.2, 0.25) is 0 Å². The van der Waals surface area contributed by atoms with Crippen molar-refractivity contribution in [1.29, 1.82) is 0 Å². The first-order valence-corrected chi connectivity index (χ1v) is 8.20. The highest BCUT2D eigenvalue weighted by Gasteiger charge is 2.20. The molecular weight excluding hydrogens is 387 g/mol. The molecule has 2 saturated heterocycles. The predicted octanol–water partition coefficient (Wildman–Crippen LogP) is 1.23. The minimum atomic E-state index is 0. The Morgan fingerprint density at radius 3 is 2.35 bits per heavy atom. The van der Waals surface area contributed by atoms with E-state index in [0.717, 1.165) is 57.1 Å². The van der Waals surface area contributed by atoms with Crippen molar-refractivity contribution in [2.75, 3.05) is 44.2 Å². The number of nitrogens with two attached hydrogens (primary N) is 1. The normalized spacial score (nSPS) is 21.6. The summed E-state index contributed by atoms with van der Waals surface area (Å²) in [5.41, 5.74) is 6.04. The number of halogens is 1. The molecule has 0 aromatic carbocycles. The Hall–Kier alpha value is -0.180. The number of thioether (sulfide) groups is 1. The van der Waals surface area contributed by atoms with Crippen molar-refractivity contribution in [1.82, 2.24) is 9.80 Å². The van der Waals surface area contributed by atoms with Gasteiger partial charge in [-0.25, -0.2) is 0 Å². The highest BCUT2D eigenvalue weighted by atomic mass is 127. The summed E-state index contributed by atoms with van der Waals surface area (Å²) in [6.45, 7) is 6.23. The molecule has 0 saturated carbocycles. The average molecular weight is 412 g/mol. The van der Waals surface area contributed by atoms with E-state index in [0.29, 0.717) is 11.9 Å². The lowest BCUT2D eigenvalue weighted by atomic mass is 9.97. The number of carbonyl (C=O) groups excluding carboxylic acids is 1. The molecular formula is C13H25IN4OS. The van der Waals surface area contributed by atoms with E-state index in [2.05, 4.69) is 9.89 Å². The van der Waals surface area contributed by atoms with Crippen molar-refractivity contribution >= 4 is 47.6 Å². The second kappa shape index (κ2) is 8.96. The van der Waals surface area contributed by atoms with Gasteiger partial charge in [0, 0.05) is 51.2 Å². The molecule has 0 unspecified atom stereocenters. The number of nitrogens with zero attached hydrogens (tertiary/aromatic N) is 3. The van der Waals surface area contributed by atoms with Gasteiger partial charge in [0.15, 0.2) is 5.96 Å². The van der Waals surface area contributed by atoms with Crippen LogP contribution in [0.4, 0.5) is 0 Å². The molecule has 116 valence electrons. The third kappa shape index (κ3) is 5.31. The van der Waals surface area contributed by atoms with Gasteiger partial charge >= 0.3 is 0 Å². The van der Waals surface area contributed by atoms with Crippen molar-refractivity contribution in [3.8, 4) is 0 Å². The first kappa shape index (κ1) is 17.9. The SMILES string of the molecule is CC(=O)N1CCC(CN=C(N)N2CCSCC2)CC1.I. The number of aliphatic imine (C=N–C) groups is 1.